The highest BCUT2D eigenvalue weighted by atomic mass is 79.9. The van der Waals surface area contributed by atoms with E-state index < -0.39 is 41.8 Å². The first-order chi connectivity index (χ1) is 25.5. The van der Waals surface area contributed by atoms with Crippen LogP contribution in [0.5, 0.6) is 0 Å². The number of nitrogens with zero attached hydrogens (tertiary/aromatic N) is 4. The van der Waals surface area contributed by atoms with Crippen molar-refractivity contribution in [2.75, 3.05) is 18.0 Å². The van der Waals surface area contributed by atoms with Crippen LogP contribution in [0, 0.1) is 5.41 Å². The summed E-state index contributed by atoms with van der Waals surface area (Å²) in [7, 11) is 0. The van der Waals surface area contributed by atoms with E-state index >= 15 is 4.39 Å². The number of halogens is 8. The normalized spacial score (nSPS) is 20.3. The minimum atomic E-state index is -4.61. The largest absolute Gasteiger partial charge is 0.478 e. The molecule has 1 saturated heterocycles. The lowest BCUT2D eigenvalue weighted by atomic mass is 9.68. The molecule has 2 fully saturated rings. The number of anilines is 1. The second-order valence-corrected chi connectivity index (χ2v) is 15.8. The van der Waals surface area contributed by atoms with Crippen LogP contribution < -0.4 is 4.90 Å². The summed E-state index contributed by atoms with van der Waals surface area (Å²) in [6, 6.07) is 10.4. The fourth-order valence-electron chi connectivity index (χ4n) is 8.53. The first-order valence-corrected chi connectivity index (χ1v) is 18.3. The van der Waals surface area contributed by atoms with Crippen molar-refractivity contribution >= 4 is 45.9 Å². The number of aromatic carboxylic acids is 1. The topological polar surface area (TPSA) is 99.4 Å². The number of aliphatic hydroxyl groups is 1. The van der Waals surface area contributed by atoms with Crippen LogP contribution in [-0.4, -0.2) is 50.1 Å². The molecule has 0 spiro atoms. The Kier molecular flexibility index (Phi) is 13.0. The number of carbonyl (C=O) groups is 1. The summed E-state index contributed by atoms with van der Waals surface area (Å²) in [5.74, 6) is -4.20. The van der Waals surface area contributed by atoms with Crippen molar-refractivity contribution < 1.29 is 41.4 Å². The van der Waals surface area contributed by atoms with E-state index in [1.54, 1.807) is 30.6 Å². The standard InChI is InChI=1S/C41H42F6N4O3.2BrH/c1-39(2)19-30-33(31(52)20-39)32(23-10-14-40(43,44)15-11-23)34(35(42)24-6-8-29(9-7-24)41(45,46)47)36(50-30)25-12-16-51(17-13-25)38-48-21-28(22-49-38)26-4-3-5-27(18-26)37(53)54;;/h3-9,18,21-23,25,31,35,52H,10-17,19-20H2,1-2H3,(H,53,54);2*1H/t31-,35-;;/m0../s1. The Balaban J connectivity index is 0.00000300. The number of fused-ring (bicyclic) bond motifs is 1. The lowest BCUT2D eigenvalue weighted by Crippen LogP contribution is -2.36. The van der Waals surface area contributed by atoms with E-state index in [0.717, 1.165) is 24.3 Å². The molecule has 56 heavy (non-hydrogen) atoms. The third-order valence-electron chi connectivity index (χ3n) is 11.3. The minimum Gasteiger partial charge on any atom is -0.478 e. The predicted molar refractivity (Wildman–Crippen MR) is 211 cm³/mol. The summed E-state index contributed by atoms with van der Waals surface area (Å²) in [5, 5.41) is 21.0. The number of hydrogen-bond acceptors (Lipinski definition) is 6. The van der Waals surface area contributed by atoms with Crippen LogP contribution in [0.4, 0.5) is 32.3 Å². The number of alkyl halides is 6. The molecule has 2 atom stereocenters. The Bertz CT molecular complexity index is 2010. The van der Waals surface area contributed by atoms with Gasteiger partial charge in [0.1, 0.15) is 0 Å². The molecule has 7 nitrogen and oxygen atoms in total. The van der Waals surface area contributed by atoms with Crippen LogP contribution in [0.2, 0.25) is 0 Å². The van der Waals surface area contributed by atoms with E-state index in [2.05, 4.69) is 9.97 Å². The van der Waals surface area contributed by atoms with Gasteiger partial charge in [-0.1, -0.05) is 38.1 Å². The lowest BCUT2D eigenvalue weighted by molar-refractivity contribution is -0.137. The fraction of sp³-hybridized carbons (Fsp3) is 0.463. The highest BCUT2D eigenvalue weighted by Crippen LogP contribution is 2.52. The van der Waals surface area contributed by atoms with Gasteiger partial charge in [-0.05, 0) is 90.8 Å². The molecule has 302 valence electrons. The average Bonchev–Trinajstić information content (AvgIpc) is 3.13. The van der Waals surface area contributed by atoms with Crippen molar-refractivity contribution in [2.45, 2.75) is 101 Å². The van der Waals surface area contributed by atoms with Gasteiger partial charge in [-0.3, -0.25) is 4.98 Å². The molecule has 1 aliphatic heterocycles. The molecule has 2 aromatic carbocycles. The molecule has 2 N–H and O–H groups in total. The Hall–Kier alpha value is -3.56. The zero-order valence-corrected chi connectivity index (χ0v) is 34.3. The van der Waals surface area contributed by atoms with Gasteiger partial charge >= 0.3 is 12.1 Å². The number of rotatable bonds is 7. The summed E-state index contributed by atoms with van der Waals surface area (Å²) in [6.07, 6.45) is -2.98. The van der Waals surface area contributed by atoms with Crippen molar-refractivity contribution in [3.05, 3.63) is 106 Å². The second-order valence-electron chi connectivity index (χ2n) is 15.8. The Morgan fingerprint density at radius 3 is 2.11 bits per heavy atom. The molecule has 3 heterocycles. The van der Waals surface area contributed by atoms with Crippen LogP contribution in [-0.2, 0) is 12.6 Å². The fourth-order valence-corrected chi connectivity index (χ4v) is 8.53. The minimum absolute atomic E-state index is 0. The van der Waals surface area contributed by atoms with Gasteiger partial charge in [0.05, 0.1) is 22.9 Å². The van der Waals surface area contributed by atoms with Crippen molar-refractivity contribution in [1.29, 1.82) is 0 Å². The second kappa shape index (κ2) is 16.7. The van der Waals surface area contributed by atoms with E-state index in [9.17, 15) is 37.0 Å². The summed E-state index contributed by atoms with van der Waals surface area (Å²) in [5.41, 5.74) is 2.46. The Morgan fingerprint density at radius 1 is 0.893 bits per heavy atom. The monoisotopic (exact) mass is 912 g/mol. The molecule has 1 saturated carbocycles. The van der Waals surface area contributed by atoms with Crippen LogP contribution in [0.1, 0.15) is 132 Å². The van der Waals surface area contributed by atoms with Crippen LogP contribution in [0.15, 0.2) is 60.9 Å². The molecule has 7 rings (SSSR count). The van der Waals surface area contributed by atoms with Crippen molar-refractivity contribution in [3.8, 4) is 11.1 Å². The number of aromatic nitrogens is 3. The number of pyridine rings is 1. The number of piperidine rings is 1. The van der Waals surface area contributed by atoms with Gasteiger partial charge in [-0.2, -0.15) is 13.2 Å². The number of aliphatic hydroxyl groups excluding tert-OH is 1. The van der Waals surface area contributed by atoms with Gasteiger partial charge < -0.3 is 15.1 Å². The maximum atomic E-state index is 17.3. The molecule has 2 aromatic heterocycles. The Morgan fingerprint density at radius 2 is 1.52 bits per heavy atom. The van der Waals surface area contributed by atoms with Crippen LogP contribution >= 0.6 is 34.0 Å². The molecule has 2 aliphatic carbocycles. The van der Waals surface area contributed by atoms with Gasteiger partial charge in [0, 0.05) is 66.6 Å². The van der Waals surface area contributed by atoms with E-state index in [-0.39, 0.29) is 87.7 Å². The summed E-state index contributed by atoms with van der Waals surface area (Å²) in [4.78, 5) is 27.7. The lowest BCUT2D eigenvalue weighted by Gasteiger charge is -2.41. The van der Waals surface area contributed by atoms with E-state index in [0.29, 0.717) is 78.4 Å². The zero-order chi connectivity index (χ0) is 38.6. The van der Waals surface area contributed by atoms with Gasteiger partial charge in [-0.15, -0.1) is 34.0 Å². The molecule has 0 unspecified atom stereocenters. The summed E-state index contributed by atoms with van der Waals surface area (Å²) in [6.45, 7) is 4.99. The molecule has 0 amide bonds. The molecular formula is C41H44Br2F6N4O3. The summed E-state index contributed by atoms with van der Waals surface area (Å²) >= 11 is 0. The first kappa shape index (κ1) is 43.6. The average molecular weight is 915 g/mol. The maximum absolute atomic E-state index is 17.3. The molecule has 3 aliphatic rings. The Labute approximate surface area is 342 Å². The van der Waals surface area contributed by atoms with E-state index in [4.69, 9.17) is 4.98 Å². The third-order valence-corrected chi connectivity index (χ3v) is 11.3. The van der Waals surface area contributed by atoms with Crippen LogP contribution in [0.3, 0.4) is 0 Å². The molecule has 0 radical (unpaired) electrons. The number of hydrogen-bond donors (Lipinski definition) is 2. The molecule has 4 aromatic rings. The third kappa shape index (κ3) is 9.09. The van der Waals surface area contributed by atoms with E-state index in [1.807, 2.05) is 18.7 Å². The highest BCUT2D eigenvalue weighted by Gasteiger charge is 2.44. The zero-order valence-electron chi connectivity index (χ0n) is 30.8. The number of benzene rings is 2. The van der Waals surface area contributed by atoms with Gasteiger partial charge in [0.15, 0.2) is 6.17 Å². The smallest absolute Gasteiger partial charge is 0.416 e. The van der Waals surface area contributed by atoms with Crippen LogP contribution in [0.25, 0.3) is 11.1 Å². The molecular weight excluding hydrogens is 870 g/mol. The number of carboxylic acid groups (broad SMARTS) is 1. The summed E-state index contributed by atoms with van der Waals surface area (Å²) < 4.78 is 86.8. The predicted octanol–water partition coefficient (Wildman–Crippen LogP) is 11.2. The van der Waals surface area contributed by atoms with Crippen molar-refractivity contribution in [2.24, 2.45) is 5.41 Å². The van der Waals surface area contributed by atoms with Gasteiger partial charge in [0.25, 0.3) is 0 Å². The highest BCUT2D eigenvalue weighted by molar-refractivity contribution is 8.93. The van der Waals surface area contributed by atoms with Gasteiger partial charge in [0.2, 0.25) is 11.9 Å². The molecule has 15 heteroatoms. The SMILES string of the molecule is Br.Br.CC1(C)Cc2nc(C3CCN(c4ncc(-c5cccc(C(=O)O)c5)cn4)CC3)c([C@@H](F)c3ccc(C(F)(F)F)cc3)c(C3CCC(F)(F)CC3)c2[C@@H](O)C1. The molecule has 0 bridgehead atoms. The first-order valence-electron chi connectivity index (χ1n) is 18.3. The quantitative estimate of drug-likeness (QED) is 0.178. The maximum Gasteiger partial charge on any atom is 0.416 e. The number of carboxylic acids is 1. The van der Waals surface area contributed by atoms with Gasteiger partial charge in [-0.25, -0.2) is 27.9 Å². The van der Waals surface area contributed by atoms with E-state index in [1.165, 1.54) is 6.07 Å². The van der Waals surface area contributed by atoms with Crippen molar-refractivity contribution in [3.63, 3.8) is 0 Å². The van der Waals surface area contributed by atoms with Crippen molar-refractivity contribution in [1.82, 2.24) is 15.0 Å².